The van der Waals surface area contributed by atoms with E-state index in [-0.39, 0.29) is 12.5 Å². The first kappa shape index (κ1) is 15.9. The Morgan fingerprint density at radius 1 is 1.57 bits per heavy atom. The molecule has 1 saturated heterocycles. The number of piperidine rings is 1. The minimum Gasteiger partial charge on any atom is -0.485 e. The quantitative estimate of drug-likeness (QED) is 0.934. The van der Waals surface area contributed by atoms with Gasteiger partial charge in [0.2, 0.25) is 0 Å². The number of hydrogen-bond acceptors (Lipinski definition) is 5. The van der Waals surface area contributed by atoms with Crippen LogP contribution in [0.25, 0.3) is 0 Å². The zero-order valence-electron chi connectivity index (χ0n) is 12.6. The smallest absolute Gasteiger partial charge is 0.265 e. The van der Waals surface area contributed by atoms with E-state index in [4.69, 9.17) is 4.74 Å². The highest BCUT2D eigenvalue weighted by atomic mass is 32.1. The fourth-order valence-electron chi connectivity index (χ4n) is 2.54. The molecule has 1 amide bonds. The van der Waals surface area contributed by atoms with E-state index in [0.717, 1.165) is 0 Å². The number of nitrogens with zero attached hydrogens (tertiary/aromatic N) is 2. The molecule has 0 bridgehead atoms. The van der Waals surface area contributed by atoms with E-state index in [0.29, 0.717) is 23.6 Å². The van der Waals surface area contributed by atoms with E-state index >= 15 is 0 Å². The van der Waals surface area contributed by atoms with E-state index in [1.165, 1.54) is 29.7 Å². The molecule has 5 nitrogen and oxygen atoms in total. The van der Waals surface area contributed by atoms with Crippen molar-refractivity contribution in [3.63, 3.8) is 0 Å². The Kier molecular flexibility index (Phi) is 4.32. The number of benzene rings is 1. The zero-order chi connectivity index (χ0) is 16.4. The Morgan fingerprint density at radius 3 is 3.09 bits per heavy atom. The van der Waals surface area contributed by atoms with Gasteiger partial charge in [-0.25, -0.2) is 4.39 Å². The van der Waals surface area contributed by atoms with Crippen molar-refractivity contribution in [2.24, 2.45) is 0 Å². The fourth-order valence-corrected chi connectivity index (χ4v) is 3.13. The van der Waals surface area contributed by atoms with Gasteiger partial charge in [-0.15, -0.1) is 11.3 Å². The van der Waals surface area contributed by atoms with Crippen LogP contribution in [-0.2, 0) is 0 Å². The summed E-state index contributed by atoms with van der Waals surface area (Å²) in [5.74, 6) is -0.200. The van der Waals surface area contributed by atoms with Gasteiger partial charge in [-0.05, 0) is 25.5 Å². The second kappa shape index (κ2) is 6.25. The van der Waals surface area contributed by atoms with Crippen LogP contribution in [0.2, 0.25) is 0 Å². The van der Waals surface area contributed by atoms with Crippen molar-refractivity contribution >= 4 is 17.2 Å². The van der Waals surface area contributed by atoms with Crippen LogP contribution in [-0.4, -0.2) is 45.7 Å². The number of carbonyl (C=O) groups is 1. The van der Waals surface area contributed by atoms with E-state index < -0.39 is 17.5 Å². The molecule has 0 unspecified atom stereocenters. The molecule has 2 aromatic rings. The summed E-state index contributed by atoms with van der Waals surface area (Å²) < 4.78 is 19.0. The van der Waals surface area contributed by atoms with Crippen molar-refractivity contribution in [1.82, 2.24) is 9.88 Å². The molecule has 1 aliphatic heterocycles. The van der Waals surface area contributed by atoms with Gasteiger partial charge in [-0.2, -0.15) is 0 Å². The molecule has 0 aliphatic carbocycles. The molecule has 7 heteroatoms. The first-order chi connectivity index (χ1) is 11.0. The third kappa shape index (κ3) is 3.51. The SMILES string of the molecule is C[C@@]1(O)CCN(C(=O)c2cncs2)C[C@H]1Oc1cccc(F)c1. The minimum absolute atomic E-state index is 0.129. The standard InChI is InChI=1S/C16H17FN2O3S/c1-16(21)5-6-19(15(20)13-8-18-10-23-13)9-14(16)22-12-4-2-3-11(17)7-12/h2-4,7-8,10,14,21H,5-6,9H2,1H3/t14-,16-/m1/s1. The van der Waals surface area contributed by atoms with Gasteiger partial charge in [0.05, 0.1) is 18.3 Å². The number of halogens is 1. The van der Waals surface area contributed by atoms with Gasteiger partial charge < -0.3 is 14.7 Å². The average molecular weight is 336 g/mol. The van der Waals surface area contributed by atoms with Gasteiger partial charge in [0, 0.05) is 12.6 Å². The number of likely N-dealkylation sites (tertiary alicyclic amines) is 1. The number of carbonyl (C=O) groups excluding carboxylic acids is 1. The molecule has 122 valence electrons. The number of hydrogen-bond donors (Lipinski definition) is 1. The van der Waals surface area contributed by atoms with Gasteiger partial charge in [0.15, 0.2) is 0 Å². The maximum Gasteiger partial charge on any atom is 0.265 e. The van der Waals surface area contributed by atoms with Crippen LogP contribution >= 0.6 is 11.3 Å². The van der Waals surface area contributed by atoms with Crippen LogP contribution in [0.3, 0.4) is 0 Å². The van der Waals surface area contributed by atoms with Crippen LogP contribution in [0.1, 0.15) is 23.0 Å². The molecular formula is C16H17FN2O3S. The van der Waals surface area contributed by atoms with Gasteiger partial charge in [-0.3, -0.25) is 9.78 Å². The lowest BCUT2D eigenvalue weighted by atomic mass is 9.90. The molecule has 1 aliphatic rings. The molecule has 0 radical (unpaired) electrons. The topological polar surface area (TPSA) is 62.7 Å². The van der Waals surface area contributed by atoms with Gasteiger partial charge >= 0.3 is 0 Å². The van der Waals surface area contributed by atoms with Crippen molar-refractivity contribution in [2.45, 2.75) is 25.0 Å². The van der Waals surface area contributed by atoms with Crippen molar-refractivity contribution in [2.75, 3.05) is 13.1 Å². The van der Waals surface area contributed by atoms with E-state index in [2.05, 4.69) is 4.98 Å². The van der Waals surface area contributed by atoms with Crippen molar-refractivity contribution < 1.29 is 19.0 Å². The predicted octanol–water partition coefficient (Wildman–Crippen LogP) is 2.33. The summed E-state index contributed by atoms with van der Waals surface area (Å²) in [4.78, 5) is 18.5. The van der Waals surface area contributed by atoms with E-state index in [1.807, 2.05) is 0 Å². The summed E-state index contributed by atoms with van der Waals surface area (Å²) in [6, 6.07) is 5.76. The summed E-state index contributed by atoms with van der Waals surface area (Å²) in [6.07, 6.45) is 1.29. The highest BCUT2D eigenvalue weighted by molar-refractivity contribution is 7.11. The molecule has 23 heavy (non-hydrogen) atoms. The first-order valence-corrected chi connectivity index (χ1v) is 8.16. The van der Waals surface area contributed by atoms with Crippen LogP contribution in [0.5, 0.6) is 5.75 Å². The first-order valence-electron chi connectivity index (χ1n) is 7.28. The maximum absolute atomic E-state index is 13.3. The molecule has 2 atom stereocenters. The monoisotopic (exact) mass is 336 g/mol. The zero-order valence-corrected chi connectivity index (χ0v) is 13.4. The van der Waals surface area contributed by atoms with Crippen LogP contribution < -0.4 is 4.74 Å². The van der Waals surface area contributed by atoms with Crippen LogP contribution in [0.15, 0.2) is 36.0 Å². The Bertz CT molecular complexity index is 690. The molecule has 2 heterocycles. The Morgan fingerprint density at radius 2 is 2.39 bits per heavy atom. The normalized spacial score (nSPS) is 24.5. The summed E-state index contributed by atoms with van der Waals surface area (Å²) >= 11 is 1.28. The van der Waals surface area contributed by atoms with Gasteiger partial charge in [0.1, 0.15) is 28.1 Å². The van der Waals surface area contributed by atoms with Crippen molar-refractivity contribution in [3.8, 4) is 5.75 Å². The number of aromatic nitrogens is 1. The molecule has 0 spiro atoms. The lowest BCUT2D eigenvalue weighted by molar-refractivity contribution is -0.0881. The summed E-state index contributed by atoms with van der Waals surface area (Å²) in [5, 5.41) is 10.5. The Labute approximate surface area is 137 Å². The van der Waals surface area contributed by atoms with Crippen LogP contribution in [0.4, 0.5) is 4.39 Å². The van der Waals surface area contributed by atoms with Crippen molar-refractivity contribution in [1.29, 1.82) is 0 Å². The predicted molar refractivity (Wildman–Crippen MR) is 84.1 cm³/mol. The largest absolute Gasteiger partial charge is 0.485 e. The average Bonchev–Trinajstić information content (AvgIpc) is 3.03. The minimum atomic E-state index is -1.09. The summed E-state index contributed by atoms with van der Waals surface area (Å²) in [5.41, 5.74) is 0.519. The molecule has 1 aromatic heterocycles. The maximum atomic E-state index is 13.3. The van der Waals surface area contributed by atoms with Gasteiger partial charge in [0.25, 0.3) is 5.91 Å². The molecule has 3 rings (SSSR count). The van der Waals surface area contributed by atoms with Crippen LogP contribution in [0, 0.1) is 5.82 Å². The van der Waals surface area contributed by atoms with Gasteiger partial charge in [-0.1, -0.05) is 6.07 Å². The van der Waals surface area contributed by atoms with E-state index in [9.17, 15) is 14.3 Å². The second-order valence-electron chi connectivity index (χ2n) is 5.79. The number of ether oxygens (including phenoxy) is 1. The van der Waals surface area contributed by atoms with Crippen molar-refractivity contribution in [3.05, 3.63) is 46.7 Å². The molecular weight excluding hydrogens is 319 g/mol. The third-order valence-electron chi connectivity index (χ3n) is 3.97. The lowest BCUT2D eigenvalue weighted by Gasteiger charge is -2.42. The Hall–Kier alpha value is -1.99. The molecule has 0 saturated carbocycles. The Balaban J connectivity index is 1.75. The lowest BCUT2D eigenvalue weighted by Crippen LogP contribution is -2.57. The summed E-state index contributed by atoms with van der Waals surface area (Å²) in [7, 11) is 0. The highest BCUT2D eigenvalue weighted by Gasteiger charge is 2.41. The molecule has 1 aromatic carbocycles. The fraction of sp³-hybridized carbons (Fsp3) is 0.375. The molecule has 1 N–H and O–H groups in total. The number of rotatable bonds is 3. The third-order valence-corrected chi connectivity index (χ3v) is 4.73. The highest BCUT2D eigenvalue weighted by Crippen LogP contribution is 2.28. The number of amides is 1. The number of thiazole rings is 1. The molecule has 1 fully saturated rings. The van der Waals surface area contributed by atoms with E-state index in [1.54, 1.807) is 29.5 Å². The second-order valence-corrected chi connectivity index (χ2v) is 6.67. The number of aliphatic hydroxyl groups is 1. The summed E-state index contributed by atoms with van der Waals surface area (Å²) in [6.45, 7) is 2.35.